The number of carbonyl (C=O) groups excluding carboxylic acids is 4. The monoisotopic (exact) mass is 496 g/mol. The van der Waals surface area contributed by atoms with Gasteiger partial charge in [-0.05, 0) is 86.1 Å². The van der Waals surface area contributed by atoms with Gasteiger partial charge in [-0.2, -0.15) is 0 Å². The fourth-order valence-corrected chi connectivity index (χ4v) is 5.11. The summed E-state index contributed by atoms with van der Waals surface area (Å²) in [5, 5.41) is 10.2. The van der Waals surface area contributed by atoms with Crippen LogP contribution in [-0.4, -0.2) is 51.6 Å². The molecular formula is C30H28N2O5. The average molecular weight is 497 g/mol. The van der Waals surface area contributed by atoms with Crippen LogP contribution in [0.3, 0.4) is 0 Å². The maximum atomic E-state index is 12.5. The molecule has 5 rings (SSSR count). The van der Waals surface area contributed by atoms with Crippen LogP contribution in [0.2, 0.25) is 0 Å². The molecule has 0 unspecified atom stereocenters. The van der Waals surface area contributed by atoms with Crippen LogP contribution in [0.1, 0.15) is 78.2 Å². The van der Waals surface area contributed by atoms with Crippen molar-refractivity contribution >= 4 is 23.6 Å². The number of benzene rings is 3. The van der Waals surface area contributed by atoms with E-state index in [9.17, 15) is 24.3 Å². The first kappa shape index (κ1) is 24.4. The number of nitrogens with zero attached hydrogens (tertiary/aromatic N) is 2. The maximum absolute atomic E-state index is 12.5. The molecule has 1 N–H and O–H groups in total. The largest absolute Gasteiger partial charge is 0.508 e. The number of phenolic OH excluding ortho intramolecular Hbond substituents is 1. The molecule has 0 saturated heterocycles. The minimum atomic E-state index is -0.235. The Balaban J connectivity index is 1.08. The summed E-state index contributed by atoms with van der Waals surface area (Å²) in [5.74, 6) is -0.737. The van der Waals surface area contributed by atoms with Crippen LogP contribution in [0.4, 0.5) is 0 Å². The third kappa shape index (κ3) is 4.89. The molecule has 3 aromatic carbocycles. The molecule has 7 heteroatoms. The molecule has 0 spiro atoms. The fourth-order valence-electron chi connectivity index (χ4n) is 5.11. The summed E-state index contributed by atoms with van der Waals surface area (Å²) in [6.07, 6.45) is 4.35. The van der Waals surface area contributed by atoms with E-state index >= 15 is 0 Å². The van der Waals surface area contributed by atoms with Crippen molar-refractivity contribution in [1.82, 2.24) is 9.80 Å². The molecule has 2 aliphatic heterocycles. The number of aryl methyl sites for hydroxylation is 2. The Morgan fingerprint density at radius 3 is 1.22 bits per heavy atom. The van der Waals surface area contributed by atoms with Gasteiger partial charge in [0.15, 0.2) is 0 Å². The lowest BCUT2D eigenvalue weighted by Gasteiger charge is -2.14. The molecular weight excluding hydrogens is 468 g/mol. The first-order valence-corrected chi connectivity index (χ1v) is 12.7. The second-order valence-electron chi connectivity index (χ2n) is 9.54. The molecule has 0 atom stereocenters. The lowest BCUT2D eigenvalue weighted by Crippen LogP contribution is -2.30. The topological polar surface area (TPSA) is 95.0 Å². The average Bonchev–Trinajstić information content (AvgIpc) is 3.29. The molecule has 188 valence electrons. The molecule has 4 amide bonds. The lowest BCUT2D eigenvalue weighted by atomic mass is 10.0. The summed E-state index contributed by atoms with van der Waals surface area (Å²) in [5.41, 5.74) is 3.86. The van der Waals surface area contributed by atoms with E-state index in [1.54, 1.807) is 60.7 Å². The third-order valence-electron chi connectivity index (χ3n) is 6.99. The zero-order valence-electron chi connectivity index (χ0n) is 20.5. The van der Waals surface area contributed by atoms with E-state index in [2.05, 4.69) is 6.07 Å². The van der Waals surface area contributed by atoms with Gasteiger partial charge in [-0.1, -0.05) is 30.3 Å². The molecule has 0 radical (unpaired) electrons. The summed E-state index contributed by atoms with van der Waals surface area (Å²) in [4.78, 5) is 52.6. The molecule has 0 bridgehead atoms. The normalized spacial score (nSPS) is 14.5. The highest BCUT2D eigenvalue weighted by Gasteiger charge is 2.35. The second-order valence-corrected chi connectivity index (χ2v) is 9.54. The minimum Gasteiger partial charge on any atom is -0.508 e. The number of fused-ring (bicyclic) bond motifs is 2. The van der Waals surface area contributed by atoms with Crippen molar-refractivity contribution in [3.05, 3.63) is 100 Å². The van der Waals surface area contributed by atoms with E-state index in [-0.39, 0.29) is 29.4 Å². The number of rotatable bonds is 10. The predicted molar refractivity (Wildman–Crippen MR) is 138 cm³/mol. The van der Waals surface area contributed by atoms with Crippen molar-refractivity contribution in [1.29, 1.82) is 0 Å². The number of unbranched alkanes of at least 4 members (excludes halogenated alkanes) is 2. The molecule has 0 aromatic heterocycles. The highest BCUT2D eigenvalue weighted by Crippen LogP contribution is 2.25. The van der Waals surface area contributed by atoms with Crippen LogP contribution < -0.4 is 0 Å². The van der Waals surface area contributed by atoms with E-state index < -0.39 is 0 Å². The second kappa shape index (κ2) is 10.4. The zero-order chi connectivity index (χ0) is 25.9. The molecule has 2 heterocycles. The van der Waals surface area contributed by atoms with E-state index in [0.29, 0.717) is 48.2 Å². The Morgan fingerprint density at radius 2 is 0.865 bits per heavy atom. The van der Waals surface area contributed by atoms with Crippen LogP contribution in [0.15, 0.2) is 66.7 Å². The van der Waals surface area contributed by atoms with Crippen molar-refractivity contribution in [2.45, 2.75) is 38.5 Å². The quantitative estimate of drug-likeness (QED) is 0.326. The van der Waals surface area contributed by atoms with E-state index in [1.165, 1.54) is 9.80 Å². The van der Waals surface area contributed by atoms with Crippen LogP contribution in [0.5, 0.6) is 5.75 Å². The molecule has 0 aliphatic carbocycles. The van der Waals surface area contributed by atoms with Gasteiger partial charge in [0.05, 0.1) is 22.3 Å². The van der Waals surface area contributed by atoms with Gasteiger partial charge in [0.25, 0.3) is 23.6 Å². The van der Waals surface area contributed by atoms with Crippen LogP contribution in [-0.2, 0) is 12.8 Å². The van der Waals surface area contributed by atoms with Crippen molar-refractivity contribution in [3.8, 4) is 5.75 Å². The molecule has 2 aliphatic rings. The molecule has 3 aromatic rings. The number of carbonyl (C=O) groups is 4. The highest BCUT2D eigenvalue weighted by molar-refractivity contribution is 6.22. The number of aromatic hydroxyl groups is 1. The van der Waals surface area contributed by atoms with Gasteiger partial charge in [0, 0.05) is 13.1 Å². The minimum absolute atomic E-state index is 0.202. The van der Waals surface area contributed by atoms with E-state index in [4.69, 9.17) is 0 Å². The van der Waals surface area contributed by atoms with Gasteiger partial charge in [-0.3, -0.25) is 29.0 Å². The molecule has 0 saturated carbocycles. The van der Waals surface area contributed by atoms with Crippen molar-refractivity contribution in [2.75, 3.05) is 13.1 Å². The van der Waals surface area contributed by atoms with Gasteiger partial charge in [0.2, 0.25) is 0 Å². The Labute approximate surface area is 215 Å². The van der Waals surface area contributed by atoms with Crippen LogP contribution in [0.25, 0.3) is 0 Å². The smallest absolute Gasteiger partial charge is 0.261 e. The number of imide groups is 2. The van der Waals surface area contributed by atoms with Gasteiger partial charge < -0.3 is 5.11 Å². The maximum Gasteiger partial charge on any atom is 0.261 e. The lowest BCUT2D eigenvalue weighted by molar-refractivity contribution is 0.0636. The highest BCUT2D eigenvalue weighted by atomic mass is 16.3. The summed E-state index contributed by atoms with van der Waals surface area (Å²) >= 11 is 0. The van der Waals surface area contributed by atoms with Gasteiger partial charge in [-0.25, -0.2) is 0 Å². The predicted octanol–water partition coefficient (Wildman–Crippen LogP) is 4.63. The zero-order valence-corrected chi connectivity index (χ0v) is 20.5. The summed E-state index contributed by atoms with van der Waals surface area (Å²) in [6, 6.07) is 19.3. The first-order valence-electron chi connectivity index (χ1n) is 12.7. The van der Waals surface area contributed by atoms with Gasteiger partial charge >= 0.3 is 0 Å². The summed E-state index contributed by atoms with van der Waals surface area (Å²) in [7, 11) is 0. The standard InChI is InChI=1S/C30H28N2O5/c33-22-18-20(9-5-7-15-31-27(34)23-11-1-2-12-24(23)28(31)35)17-21(19-22)10-6-8-16-32-29(36)25-13-3-4-14-26(25)30(32)37/h1-4,11-14,17-19,33H,5-10,15-16H2. The number of phenols is 1. The fraction of sp³-hybridized carbons (Fsp3) is 0.267. The third-order valence-corrected chi connectivity index (χ3v) is 6.99. The number of hydrogen-bond acceptors (Lipinski definition) is 5. The molecule has 0 fully saturated rings. The Morgan fingerprint density at radius 1 is 0.514 bits per heavy atom. The summed E-state index contributed by atoms with van der Waals surface area (Å²) in [6.45, 7) is 0.742. The van der Waals surface area contributed by atoms with E-state index in [0.717, 1.165) is 36.8 Å². The number of hydrogen-bond donors (Lipinski definition) is 1. The SMILES string of the molecule is O=C1c2ccccc2C(=O)N1CCCCc1cc(O)cc(CCCCN2C(=O)c3ccccc3C2=O)c1. The Hall–Kier alpha value is -4.26. The van der Waals surface area contributed by atoms with Crippen molar-refractivity contribution in [2.24, 2.45) is 0 Å². The molecule has 37 heavy (non-hydrogen) atoms. The Kier molecular flexibility index (Phi) is 6.86. The summed E-state index contributed by atoms with van der Waals surface area (Å²) < 4.78 is 0. The van der Waals surface area contributed by atoms with Gasteiger partial charge in [0.1, 0.15) is 5.75 Å². The van der Waals surface area contributed by atoms with Gasteiger partial charge in [-0.15, -0.1) is 0 Å². The van der Waals surface area contributed by atoms with Crippen molar-refractivity contribution in [3.63, 3.8) is 0 Å². The molecule has 7 nitrogen and oxygen atoms in total. The van der Waals surface area contributed by atoms with Crippen LogP contribution >= 0.6 is 0 Å². The van der Waals surface area contributed by atoms with Crippen molar-refractivity contribution < 1.29 is 24.3 Å². The first-order chi connectivity index (χ1) is 17.9. The van der Waals surface area contributed by atoms with Crippen LogP contribution in [0, 0.1) is 0 Å². The van der Waals surface area contributed by atoms with E-state index in [1.807, 2.05) is 0 Å². The Bertz CT molecular complexity index is 1220. The number of amides is 4.